The molecule has 2 aromatic rings. The van der Waals surface area contributed by atoms with Crippen LogP contribution in [0.5, 0.6) is 0 Å². The smallest absolute Gasteiger partial charge is 0.177 e. The fraction of sp³-hybridized carbons (Fsp3) is 0.154. The number of carbonyl (C=O) groups is 1. The summed E-state index contributed by atoms with van der Waals surface area (Å²) in [4.78, 5) is 13.9. The molecular formula is C13H10BrClOS. The van der Waals surface area contributed by atoms with E-state index < -0.39 is 0 Å². The number of hydrogen-bond acceptors (Lipinski definition) is 2. The number of aryl methyl sites for hydroxylation is 1. The molecule has 0 saturated heterocycles. The molecule has 1 heterocycles. The molecule has 88 valence electrons. The lowest BCUT2D eigenvalue weighted by molar-refractivity contribution is 0.0997. The highest BCUT2D eigenvalue weighted by Gasteiger charge is 2.11. The van der Waals surface area contributed by atoms with E-state index in [9.17, 15) is 4.79 Å². The van der Waals surface area contributed by atoms with Crippen LogP contribution in [-0.2, 0) is 6.42 Å². The monoisotopic (exact) mass is 328 g/mol. The van der Waals surface area contributed by atoms with E-state index in [1.54, 1.807) is 12.1 Å². The van der Waals surface area contributed by atoms with Gasteiger partial charge >= 0.3 is 0 Å². The second-order valence-corrected chi connectivity index (χ2v) is 6.29. The lowest BCUT2D eigenvalue weighted by Crippen LogP contribution is -2.00. The number of ketones is 1. The highest BCUT2D eigenvalue weighted by molar-refractivity contribution is 9.10. The minimum absolute atomic E-state index is 0.145. The Labute approximate surface area is 118 Å². The van der Waals surface area contributed by atoms with E-state index in [0.29, 0.717) is 11.4 Å². The van der Waals surface area contributed by atoms with Gasteiger partial charge in [0.25, 0.3) is 0 Å². The molecule has 0 amide bonds. The van der Waals surface area contributed by atoms with Crippen molar-refractivity contribution in [2.24, 2.45) is 0 Å². The van der Waals surface area contributed by atoms with Crippen molar-refractivity contribution in [2.75, 3.05) is 0 Å². The number of Topliss-reactive ketones (excluding diaryl/α,β-unsaturated/α-hetero) is 1. The van der Waals surface area contributed by atoms with Crippen LogP contribution in [0, 0.1) is 6.92 Å². The summed E-state index contributed by atoms with van der Waals surface area (Å²) in [5, 5.41) is 0.691. The summed E-state index contributed by atoms with van der Waals surface area (Å²) in [5.74, 6) is 0.145. The Hall–Kier alpha value is -0.640. The molecular weight excluding hydrogens is 320 g/mol. The number of hydrogen-bond donors (Lipinski definition) is 0. The summed E-state index contributed by atoms with van der Waals surface area (Å²) in [7, 11) is 0. The van der Waals surface area contributed by atoms with E-state index >= 15 is 0 Å². The molecule has 1 aromatic heterocycles. The normalized spacial score (nSPS) is 10.5. The maximum absolute atomic E-state index is 12.0. The van der Waals surface area contributed by atoms with Crippen molar-refractivity contribution in [1.29, 1.82) is 0 Å². The lowest BCUT2D eigenvalue weighted by atomic mass is 10.1. The first-order valence-electron chi connectivity index (χ1n) is 5.10. The van der Waals surface area contributed by atoms with Crippen molar-refractivity contribution in [3.63, 3.8) is 0 Å². The van der Waals surface area contributed by atoms with Gasteiger partial charge in [-0.1, -0.05) is 23.7 Å². The molecule has 0 unspecified atom stereocenters. The van der Waals surface area contributed by atoms with Gasteiger partial charge in [0, 0.05) is 20.8 Å². The summed E-state index contributed by atoms with van der Waals surface area (Å²) >= 11 is 10.7. The Kier molecular flexibility index (Phi) is 4.02. The second kappa shape index (κ2) is 5.34. The van der Waals surface area contributed by atoms with Crippen LogP contribution in [0.4, 0.5) is 0 Å². The number of rotatable bonds is 3. The first-order valence-corrected chi connectivity index (χ1v) is 7.08. The zero-order valence-corrected chi connectivity index (χ0v) is 12.3. The average Bonchev–Trinajstić information content (AvgIpc) is 2.63. The molecule has 0 bridgehead atoms. The molecule has 1 nitrogen and oxygen atoms in total. The predicted molar refractivity (Wildman–Crippen MR) is 76.2 cm³/mol. The maximum atomic E-state index is 12.0. The van der Waals surface area contributed by atoms with Gasteiger partial charge in [-0.3, -0.25) is 4.79 Å². The second-order valence-electron chi connectivity index (χ2n) is 3.74. The molecule has 17 heavy (non-hydrogen) atoms. The molecule has 0 fully saturated rings. The Morgan fingerprint density at radius 1 is 1.35 bits per heavy atom. The molecule has 2 rings (SSSR count). The summed E-state index contributed by atoms with van der Waals surface area (Å²) in [6.45, 7) is 1.99. The molecule has 0 aliphatic heterocycles. The molecule has 0 saturated carbocycles. The van der Waals surface area contributed by atoms with Gasteiger partial charge in [-0.05, 0) is 46.6 Å². The van der Waals surface area contributed by atoms with Gasteiger partial charge in [-0.25, -0.2) is 0 Å². The minimum atomic E-state index is 0.145. The molecule has 0 radical (unpaired) electrons. The van der Waals surface area contributed by atoms with Crippen molar-refractivity contribution in [1.82, 2.24) is 0 Å². The summed E-state index contributed by atoms with van der Waals surface area (Å²) in [6.07, 6.45) is 0.420. The zero-order chi connectivity index (χ0) is 12.4. The van der Waals surface area contributed by atoms with Crippen LogP contribution in [0.3, 0.4) is 0 Å². The van der Waals surface area contributed by atoms with Gasteiger partial charge in [0.1, 0.15) is 0 Å². The first kappa shape index (κ1) is 12.8. The largest absolute Gasteiger partial charge is 0.293 e. The van der Waals surface area contributed by atoms with Gasteiger partial charge in [0.2, 0.25) is 0 Å². The third kappa shape index (κ3) is 3.18. The SMILES string of the molecule is Cc1sc(C(=O)Cc2ccc(Cl)cc2)cc1Br. The molecule has 4 heteroatoms. The van der Waals surface area contributed by atoms with Crippen LogP contribution in [-0.4, -0.2) is 5.78 Å². The first-order chi connectivity index (χ1) is 8.06. The topological polar surface area (TPSA) is 17.1 Å². The molecule has 1 aromatic carbocycles. The van der Waals surface area contributed by atoms with Crippen LogP contribution in [0.25, 0.3) is 0 Å². The third-order valence-corrected chi connectivity index (χ3v) is 4.84. The number of thiophene rings is 1. The quantitative estimate of drug-likeness (QED) is 0.732. The van der Waals surface area contributed by atoms with E-state index in [4.69, 9.17) is 11.6 Å². The van der Waals surface area contributed by atoms with Crippen LogP contribution in [0.1, 0.15) is 20.1 Å². The fourth-order valence-corrected chi connectivity index (χ4v) is 3.07. The van der Waals surface area contributed by atoms with E-state index in [1.807, 2.05) is 25.1 Å². The van der Waals surface area contributed by atoms with Gasteiger partial charge < -0.3 is 0 Å². The van der Waals surface area contributed by atoms with E-state index in [2.05, 4.69) is 15.9 Å². The summed E-state index contributed by atoms with van der Waals surface area (Å²) < 4.78 is 1.00. The van der Waals surface area contributed by atoms with Crippen LogP contribution >= 0.6 is 38.9 Å². The number of carbonyl (C=O) groups excluding carboxylic acids is 1. The van der Waals surface area contributed by atoms with Gasteiger partial charge in [-0.15, -0.1) is 11.3 Å². The summed E-state index contributed by atoms with van der Waals surface area (Å²) in [5.41, 5.74) is 0.988. The molecule has 0 atom stereocenters. The van der Waals surface area contributed by atoms with E-state index in [-0.39, 0.29) is 5.78 Å². The van der Waals surface area contributed by atoms with E-state index in [0.717, 1.165) is 19.8 Å². The van der Waals surface area contributed by atoms with Crippen molar-refractivity contribution in [2.45, 2.75) is 13.3 Å². The standard InChI is InChI=1S/C13H10BrClOS/c1-8-11(14)7-13(17-8)12(16)6-9-2-4-10(15)5-3-9/h2-5,7H,6H2,1H3. The number of benzene rings is 1. The van der Waals surface area contributed by atoms with Gasteiger partial charge in [0.15, 0.2) is 5.78 Å². The van der Waals surface area contributed by atoms with Crippen LogP contribution in [0.2, 0.25) is 5.02 Å². The Bertz CT molecular complexity index is 526. The van der Waals surface area contributed by atoms with Crippen LogP contribution < -0.4 is 0 Å². The predicted octanol–water partition coefficient (Wildman–Crippen LogP) is 4.90. The fourth-order valence-electron chi connectivity index (χ4n) is 1.47. The maximum Gasteiger partial charge on any atom is 0.177 e. The molecule has 0 spiro atoms. The Balaban J connectivity index is 2.14. The third-order valence-electron chi connectivity index (χ3n) is 2.41. The minimum Gasteiger partial charge on any atom is -0.293 e. The Morgan fingerprint density at radius 3 is 2.53 bits per heavy atom. The van der Waals surface area contributed by atoms with Gasteiger partial charge in [-0.2, -0.15) is 0 Å². The summed E-state index contributed by atoms with van der Waals surface area (Å²) in [6, 6.07) is 9.27. The molecule has 0 N–H and O–H groups in total. The number of halogens is 2. The zero-order valence-electron chi connectivity index (χ0n) is 9.17. The van der Waals surface area contributed by atoms with Crippen molar-refractivity contribution in [3.8, 4) is 0 Å². The van der Waals surface area contributed by atoms with Crippen molar-refractivity contribution >= 4 is 44.7 Å². The van der Waals surface area contributed by atoms with Crippen LogP contribution in [0.15, 0.2) is 34.8 Å². The average molecular weight is 330 g/mol. The van der Waals surface area contributed by atoms with Crippen molar-refractivity contribution in [3.05, 3.63) is 55.1 Å². The van der Waals surface area contributed by atoms with E-state index in [1.165, 1.54) is 11.3 Å². The molecule has 0 aliphatic carbocycles. The highest BCUT2D eigenvalue weighted by Crippen LogP contribution is 2.27. The Morgan fingerprint density at radius 2 is 2.00 bits per heavy atom. The van der Waals surface area contributed by atoms with Gasteiger partial charge in [0.05, 0.1) is 4.88 Å². The lowest BCUT2D eigenvalue weighted by Gasteiger charge is -1.99. The van der Waals surface area contributed by atoms with Crippen molar-refractivity contribution < 1.29 is 4.79 Å². The molecule has 0 aliphatic rings. The highest BCUT2D eigenvalue weighted by atomic mass is 79.9.